The smallest absolute Gasteiger partial charge is 0.289 e. The van der Waals surface area contributed by atoms with E-state index in [0.717, 1.165) is 13.0 Å². The largest absolute Gasteiger partial charge is 0.315 e. The predicted octanol–water partition coefficient (Wildman–Crippen LogP) is 1.81. The van der Waals surface area contributed by atoms with E-state index in [9.17, 15) is 18.5 Å². The van der Waals surface area contributed by atoms with Crippen LogP contribution in [0.15, 0.2) is 27.6 Å². The third kappa shape index (κ3) is 4.62. The quantitative estimate of drug-likeness (QED) is 0.593. The predicted molar refractivity (Wildman–Crippen MR) is 84.3 cm³/mol. The number of benzene rings is 1. The third-order valence-corrected chi connectivity index (χ3v) is 5.07. The maximum atomic E-state index is 12.3. The molecule has 1 saturated heterocycles. The van der Waals surface area contributed by atoms with Gasteiger partial charge in [0.05, 0.1) is 4.92 Å². The molecule has 0 saturated carbocycles. The summed E-state index contributed by atoms with van der Waals surface area (Å²) >= 11 is 3.14. The number of nitrogens with zero attached hydrogens (tertiary/aromatic N) is 1. The molecule has 1 aliphatic rings. The van der Waals surface area contributed by atoms with Crippen molar-refractivity contribution in [3.05, 3.63) is 32.8 Å². The van der Waals surface area contributed by atoms with E-state index < -0.39 is 20.6 Å². The number of piperidine rings is 1. The standard InChI is InChI=1S/C11H14BrN3O4S.ClH/c12-8-3-4-10(15(16)17)11(6-8)20(18,19)14-9-2-1-5-13-7-9;/h3-4,6,9,13-14H,1-2,5,7H2;1H. The summed E-state index contributed by atoms with van der Waals surface area (Å²) in [6, 6.07) is 3.63. The van der Waals surface area contributed by atoms with Gasteiger partial charge in [0.1, 0.15) is 0 Å². The van der Waals surface area contributed by atoms with Crippen LogP contribution in [0.3, 0.4) is 0 Å². The Morgan fingerprint density at radius 2 is 2.14 bits per heavy atom. The molecule has 0 aliphatic carbocycles. The summed E-state index contributed by atoms with van der Waals surface area (Å²) in [6.07, 6.45) is 1.59. The Morgan fingerprint density at radius 3 is 2.71 bits per heavy atom. The highest BCUT2D eigenvalue weighted by atomic mass is 79.9. The second-order valence-corrected chi connectivity index (χ2v) is 7.13. The zero-order chi connectivity index (χ0) is 14.8. The van der Waals surface area contributed by atoms with Crippen LogP contribution in [0.5, 0.6) is 0 Å². The van der Waals surface area contributed by atoms with Gasteiger partial charge in [-0.25, -0.2) is 13.1 Å². The highest BCUT2D eigenvalue weighted by molar-refractivity contribution is 9.10. The first-order chi connectivity index (χ1) is 9.40. The molecule has 10 heteroatoms. The zero-order valence-corrected chi connectivity index (χ0v) is 14.1. The number of nitrogens with one attached hydrogen (secondary N) is 2. The highest BCUT2D eigenvalue weighted by Crippen LogP contribution is 2.27. The monoisotopic (exact) mass is 399 g/mol. The molecule has 0 bridgehead atoms. The molecule has 1 heterocycles. The molecule has 1 unspecified atom stereocenters. The van der Waals surface area contributed by atoms with Crippen LogP contribution in [0.25, 0.3) is 0 Å². The first-order valence-electron chi connectivity index (χ1n) is 6.07. The van der Waals surface area contributed by atoms with Crippen molar-refractivity contribution in [3.63, 3.8) is 0 Å². The topological polar surface area (TPSA) is 101 Å². The first kappa shape index (κ1) is 18.3. The second kappa shape index (κ2) is 7.50. The second-order valence-electron chi connectivity index (χ2n) is 4.53. The van der Waals surface area contributed by atoms with Crippen molar-refractivity contribution in [3.8, 4) is 0 Å². The molecule has 1 aromatic rings. The summed E-state index contributed by atoms with van der Waals surface area (Å²) in [6.45, 7) is 1.39. The maximum Gasteiger partial charge on any atom is 0.289 e. The van der Waals surface area contributed by atoms with Crippen molar-refractivity contribution in [2.24, 2.45) is 0 Å². The molecule has 2 rings (SSSR count). The van der Waals surface area contributed by atoms with Crippen LogP contribution < -0.4 is 10.0 Å². The summed E-state index contributed by atoms with van der Waals surface area (Å²) in [5.41, 5.74) is -0.426. The van der Waals surface area contributed by atoms with Gasteiger partial charge in [-0.05, 0) is 31.5 Å². The van der Waals surface area contributed by atoms with Crippen LogP contribution in [-0.4, -0.2) is 32.5 Å². The molecule has 1 fully saturated rings. The van der Waals surface area contributed by atoms with Crippen LogP contribution >= 0.6 is 28.3 Å². The Hall–Kier alpha value is -0.740. The molecule has 118 valence electrons. The van der Waals surface area contributed by atoms with Gasteiger partial charge in [-0.15, -0.1) is 12.4 Å². The zero-order valence-electron chi connectivity index (χ0n) is 10.9. The third-order valence-electron chi connectivity index (χ3n) is 3.03. The number of hydrogen-bond acceptors (Lipinski definition) is 5. The summed E-state index contributed by atoms with van der Waals surface area (Å²) in [4.78, 5) is 9.95. The van der Waals surface area contributed by atoms with Gasteiger partial charge in [0, 0.05) is 23.1 Å². The molecule has 0 amide bonds. The van der Waals surface area contributed by atoms with Crippen LogP contribution in [0, 0.1) is 10.1 Å². The fraction of sp³-hybridized carbons (Fsp3) is 0.455. The van der Waals surface area contributed by atoms with E-state index in [1.165, 1.54) is 18.2 Å². The molecule has 2 N–H and O–H groups in total. The minimum atomic E-state index is -3.92. The van der Waals surface area contributed by atoms with E-state index >= 15 is 0 Å². The van der Waals surface area contributed by atoms with Gasteiger partial charge < -0.3 is 5.32 Å². The molecule has 1 atom stereocenters. The van der Waals surface area contributed by atoms with Crippen LogP contribution in [0.4, 0.5) is 5.69 Å². The lowest BCUT2D eigenvalue weighted by atomic mass is 10.1. The van der Waals surface area contributed by atoms with Crippen molar-refractivity contribution in [1.82, 2.24) is 10.0 Å². The lowest BCUT2D eigenvalue weighted by Crippen LogP contribution is -2.45. The van der Waals surface area contributed by atoms with E-state index in [1.807, 2.05) is 0 Å². The van der Waals surface area contributed by atoms with E-state index in [1.54, 1.807) is 0 Å². The van der Waals surface area contributed by atoms with Gasteiger partial charge in [-0.1, -0.05) is 15.9 Å². The molecule has 0 spiro atoms. The average molecular weight is 401 g/mol. The fourth-order valence-electron chi connectivity index (χ4n) is 2.09. The van der Waals surface area contributed by atoms with Gasteiger partial charge in [-0.2, -0.15) is 0 Å². The Balaban J connectivity index is 0.00000220. The van der Waals surface area contributed by atoms with Crippen LogP contribution in [-0.2, 0) is 10.0 Å². The van der Waals surface area contributed by atoms with Crippen molar-refractivity contribution >= 4 is 44.0 Å². The molecule has 1 aliphatic heterocycles. The lowest BCUT2D eigenvalue weighted by molar-refractivity contribution is -0.387. The summed E-state index contributed by atoms with van der Waals surface area (Å²) < 4.78 is 27.6. The van der Waals surface area contributed by atoms with Crippen LogP contribution in [0.1, 0.15) is 12.8 Å². The molecule has 21 heavy (non-hydrogen) atoms. The minimum Gasteiger partial charge on any atom is -0.315 e. The molecule has 0 aromatic heterocycles. The number of halogens is 2. The van der Waals surface area contributed by atoms with Gasteiger partial charge in [0.2, 0.25) is 10.0 Å². The molecule has 7 nitrogen and oxygen atoms in total. The summed E-state index contributed by atoms with van der Waals surface area (Å²) in [5.74, 6) is 0. The Kier molecular flexibility index (Phi) is 6.54. The minimum absolute atomic E-state index is 0. The van der Waals surface area contributed by atoms with Gasteiger partial charge in [0.25, 0.3) is 5.69 Å². The summed E-state index contributed by atoms with van der Waals surface area (Å²) in [5, 5.41) is 14.0. The first-order valence-corrected chi connectivity index (χ1v) is 8.35. The normalized spacial score (nSPS) is 18.8. The number of hydrogen-bond donors (Lipinski definition) is 2. The van der Waals surface area contributed by atoms with E-state index in [-0.39, 0.29) is 23.3 Å². The number of nitro benzene ring substituents is 1. The maximum absolute atomic E-state index is 12.3. The number of rotatable bonds is 4. The Labute approximate surface area is 137 Å². The van der Waals surface area contributed by atoms with Crippen molar-refractivity contribution in [2.45, 2.75) is 23.8 Å². The van der Waals surface area contributed by atoms with Gasteiger partial charge >= 0.3 is 0 Å². The Morgan fingerprint density at radius 1 is 1.43 bits per heavy atom. The molecule has 0 radical (unpaired) electrons. The van der Waals surface area contributed by atoms with E-state index in [2.05, 4.69) is 26.0 Å². The SMILES string of the molecule is Cl.O=[N+]([O-])c1ccc(Br)cc1S(=O)(=O)NC1CCCNC1. The number of nitro groups is 1. The van der Waals surface area contributed by atoms with Crippen molar-refractivity contribution < 1.29 is 13.3 Å². The highest BCUT2D eigenvalue weighted by Gasteiger charge is 2.28. The average Bonchev–Trinajstić information content (AvgIpc) is 2.39. The van der Waals surface area contributed by atoms with E-state index in [4.69, 9.17) is 0 Å². The Bertz CT molecular complexity index is 620. The fourth-order valence-corrected chi connectivity index (χ4v) is 4.07. The van der Waals surface area contributed by atoms with Crippen molar-refractivity contribution in [1.29, 1.82) is 0 Å². The van der Waals surface area contributed by atoms with Gasteiger partial charge in [0.15, 0.2) is 4.90 Å². The van der Waals surface area contributed by atoms with E-state index in [0.29, 0.717) is 17.4 Å². The van der Waals surface area contributed by atoms with Gasteiger partial charge in [-0.3, -0.25) is 10.1 Å². The summed E-state index contributed by atoms with van der Waals surface area (Å²) in [7, 11) is -3.92. The lowest BCUT2D eigenvalue weighted by Gasteiger charge is -2.23. The molecular formula is C11H15BrClN3O4S. The van der Waals surface area contributed by atoms with Crippen LogP contribution in [0.2, 0.25) is 0 Å². The van der Waals surface area contributed by atoms with Crippen molar-refractivity contribution in [2.75, 3.05) is 13.1 Å². The molecule has 1 aromatic carbocycles. The molecular weight excluding hydrogens is 386 g/mol. The number of sulfonamides is 1.